The largest absolute Gasteiger partial charge is 0.573 e. The van der Waals surface area contributed by atoms with E-state index in [0.29, 0.717) is 51.1 Å². The van der Waals surface area contributed by atoms with E-state index in [0.717, 1.165) is 18.5 Å². The molecule has 0 unspecified atom stereocenters. The van der Waals surface area contributed by atoms with Crippen LogP contribution in [0.25, 0.3) is 0 Å². The molecule has 34 heavy (non-hydrogen) atoms. The van der Waals surface area contributed by atoms with E-state index in [4.69, 9.17) is 0 Å². The van der Waals surface area contributed by atoms with E-state index >= 15 is 0 Å². The second-order valence-electron chi connectivity index (χ2n) is 9.18. The maximum absolute atomic E-state index is 13.3. The third kappa shape index (κ3) is 4.19. The van der Waals surface area contributed by atoms with Crippen molar-refractivity contribution in [3.05, 3.63) is 54.1 Å². The van der Waals surface area contributed by atoms with Gasteiger partial charge in [-0.3, -0.25) is 9.69 Å². The minimum atomic E-state index is -4.75. The van der Waals surface area contributed by atoms with Crippen molar-refractivity contribution in [2.45, 2.75) is 38.5 Å². The first-order valence-electron chi connectivity index (χ1n) is 11.6. The number of hydrogen-bond donors (Lipinski definition) is 0. The summed E-state index contributed by atoms with van der Waals surface area (Å²) in [4.78, 5) is 31.9. The molecule has 0 aromatic heterocycles. The third-order valence-corrected chi connectivity index (χ3v) is 7.23. The molecule has 0 saturated carbocycles. The van der Waals surface area contributed by atoms with Crippen LogP contribution in [0.15, 0.2) is 48.5 Å². The molecular formula is C25H26F3N3O3. The number of likely N-dealkylation sites (tertiary alicyclic amines) is 1. The number of benzene rings is 2. The molecule has 3 aliphatic rings. The van der Waals surface area contributed by atoms with Crippen molar-refractivity contribution in [3.8, 4) is 5.75 Å². The maximum Gasteiger partial charge on any atom is 0.573 e. The van der Waals surface area contributed by atoms with Gasteiger partial charge in [0.25, 0.3) is 0 Å². The van der Waals surface area contributed by atoms with Gasteiger partial charge in [-0.15, -0.1) is 13.2 Å². The highest BCUT2D eigenvalue weighted by Crippen LogP contribution is 2.44. The second kappa shape index (κ2) is 8.52. The van der Waals surface area contributed by atoms with Crippen molar-refractivity contribution in [1.29, 1.82) is 0 Å². The fourth-order valence-electron chi connectivity index (χ4n) is 5.39. The van der Waals surface area contributed by atoms with Gasteiger partial charge in [0.05, 0.1) is 5.41 Å². The van der Waals surface area contributed by atoms with Crippen LogP contribution in [0, 0.1) is 5.41 Å². The zero-order valence-electron chi connectivity index (χ0n) is 18.7. The fraction of sp³-hybridized carbons (Fsp3) is 0.440. The minimum Gasteiger partial charge on any atom is -0.406 e. The van der Waals surface area contributed by atoms with Crippen molar-refractivity contribution in [2.24, 2.45) is 5.41 Å². The average molecular weight is 473 g/mol. The molecule has 3 aliphatic heterocycles. The van der Waals surface area contributed by atoms with Gasteiger partial charge in [0.2, 0.25) is 5.91 Å². The van der Waals surface area contributed by atoms with Crippen LogP contribution in [0.3, 0.4) is 0 Å². The highest BCUT2D eigenvalue weighted by atomic mass is 19.4. The average Bonchev–Trinajstić information content (AvgIpc) is 3.14. The fourth-order valence-corrected chi connectivity index (χ4v) is 5.39. The molecule has 6 nitrogen and oxygen atoms in total. The standard InChI is InChI=1S/C25H26F3N3O3/c26-25(27,28)34-20-9-7-19(8-10-20)30-17-13-24(22(30)32)11-15-29(16-12-24)23(33)31-14-3-5-18-4-1-2-6-21(18)31/h1-2,4,6-10H,3,5,11-17H2. The molecule has 5 rings (SSSR count). The molecule has 0 aliphatic carbocycles. The molecule has 0 radical (unpaired) electrons. The van der Waals surface area contributed by atoms with Gasteiger partial charge >= 0.3 is 12.4 Å². The summed E-state index contributed by atoms with van der Waals surface area (Å²) in [5, 5.41) is 0. The maximum atomic E-state index is 13.3. The molecule has 3 heterocycles. The van der Waals surface area contributed by atoms with Crippen LogP contribution >= 0.6 is 0 Å². The van der Waals surface area contributed by atoms with E-state index in [1.54, 1.807) is 4.90 Å². The Morgan fingerprint density at radius 3 is 2.29 bits per heavy atom. The van der Waals surface area contributed by atoms with Crippen molar-refractivity contribution >= 4 is 23.3 Å². The molecule has 0 atom stereocenters. The van der Waals surface area contributed by atoms with Gasteiger partial charge in [-0.1, -0.05) is 18.2 Å². The number of hydrogen-bond acceptors (Lipinski definition) is 3. The van der Waals surface area contributed by atoms with E-state index in [1.165, 1.54) is 29.8 Å². The first kappa shape index (κ1) is 22.6. The van der Waals surface area contributed by atoms with Gasteiger partial charge in [0.1, 0.15) is 5.75 Å². The lowest BCUT2D eigenvalue weighted by Crippen LogP contribution is -2.51. The monoisotopic (exact) mass is 473 g/mol. The molecule has 0 bridgehead atoms. The van der Waals surface area contributed by atoms with Gasteiger partial charge in [-0.05, 0) is 68.0 Å². The topological polar surface area (TPSA) is 53.1 Å². The van der Waals surface area contributed by atoms with Crippen LogP contribution in [0.1, 0.15) is 31.2 Å². The number of urea groups is 1. The number of piperidine rings is 1. The highest BCUT2D eigenvalue weighted by molar-refractivity contribution is 6.00. The molecular weight excluding hydrogens is 447 g/mol. The van der Waals surface area contributed by atoms with Crippen LogP contribution in [0.4, 0.5) is 29.3 Å². The number of anilines is 2. The van der Waals surface area contributed by atoms with Crippen LogP contribution in [-0.2, 0) is 11.2 Å². The Morgan fingerprint density at radius 1 is 0.912 bits per heavy atom. The first-order valence-corrected chi connectivity index (χ1v) is 11.6. The minimum absolute atomic E-state index is 0.00967. The van der Waals surface area contributed by atoms with Gasteiger partial charge in [-0.25, -0.2) is 4.79 Å². The number of carbonyl (C=O) groups excluding carboxylic acids is 2. The molecule has 0 N–H and O–H groups in total. The molecule has 180 valence electrons. The summed E-state index contributed by atoms with van der Waals surface area (Å²) in [5.41, 5.74) is 2.18. The van der Waals surface area contributed by atoms with Crippen LogP contribution in [-0.4, -0.2) is 49.4 Å². The Morgan fingerprint density at radius 2 is 1.59 bits per heavy atom. The predicted molar refractivity (Wildman–Crippen MR) is 121 cm³/mol. The van der Waals surface area contributed by atoms with E-state index in [9.17, 15) is 22.8 Å². The Hall–Kier alpha value is -3.23. The van der Waals surface area contributed by atoms with E-state index in [1.807, 2.05) is 28.0 Å². The summed E-state index contributed by atoms with van der Waals surface area (Å²) >= 11 is 0. The zero-order chi connectivity index (χ0) is 23.9. The number of carbonyl (C=O) groups is 2. The summed E-state index contributed by atoms with van der Waals surface area (Å²) in [6.07, 6.45) is -1.02. The molecule has 2 aromatic carbocycles. The van der Waals surface area contributed by atoms with Gasteiger partial charge in [-0.2, -0.15) is 0 Å². The van der Waals surface area contributed by atoms with Crippen LogP contribution in [0.2, 0.25) is 0 Å². The predicted octanol–water partition coefficient (Wildman–Crippen LogP) is 4.98. The number of amides is 3. The Kier molecular flexibility index (Phi) is 5.65. The van der Waals surface area contributed by atoms with E-state index in [-0.39, 0.29) is 17.7 Å². The van der Waals surface area contributed by atoms with E-state index < -0.39 is 11.8 Å². The number of ether oxygens (including phenoxy) is 1. The Bertz CT molecular complexity index is 1080. The molecule has 2 aromatic rings. The van der Waals surface area contributed by atoms with Gasteiger partial charge in [0.15, 0.2) is 0 Å². The SMILES string of the molecule is O=C(N1CCC2(CC1)CCN(c1ccc(OC(F)(F)F)cc1)C2=O)N1CCCc2ccccc21. The number of fused-ring (bicyclic) bond motifs is 1. The second-order valence-corrected chi connectivity index (χ2v) is 9.18. The van der Waals surface area contributed by atoms with Crippen molar-refractivity contribution in [2.75, 3.05) is 36.0 Å². The van der Waals surface area contributed by atoms with Crippen LogP contribution in [0.5, 0.6) is 5.75 Å². The lowest BCUT2D eigenvalue weighted by molar-refractivity contribution is -0.274. The first-order chi connectivity index (χ1) is 16.3. The molecule has 3 amide bonds. The smallest absolute Gasteiger partial charge is 0.406 e. The number of nitrogens with zero attached hydrogens (tertiary/aromatic N) is 3. The molecule has 2 saturated heterocycles. The van der Waals surface area contributed by atoms with Crippen LogP contribution < -0.4 is 14.5 Å². The number of halogens is 3. The Labute approximate surface area is 195 Å². The summed E-state index contributed by atoms with van der Waals surface area (Å²) in [6.45, 7) is 2.22. The number of alkyl halides is 3. The van der Waals surface area contributed by atoms with Crippen molar-refractivity contribution in [3.63, 3.8) is 0 Å². The van der Waals surface area contributed by atoms with Gasteiger partial charge < -0.3 is 14.5 Å². The van der Waals surface area contributed by atoms with Crippen molar-refractivity contribution < 1.29 is 27.5 Å². The lowest BCUT2D eigenvalue weighted by Gasteiger charge is -2.41. The van der Waals surface area contributed by atoms with Gasteiger partial charge in [0, 0.05) is 37.6 Å². The zero-order valence-corrected chi connectivity index (χ0v) is 18.7. The quantitative estimate of drug-likeness (QED) is 0.619. The van der Waals surface area contributed by atoms with Crippen molar-refractivity contribution in [1.82, 2.24) is 4.90 Å². The lowest BCUT2D eigenvalue weighted by atomic mass is 9.77. The molecule has 9 heteroatoms. The number of rotatable bonds is 2. The normalized spacial score (nSPS) is 20.0. The third-order valence-electron chi connectivity index (χ3n) is 7.23. The van der Waals surface area contributed by atoms with E-state index in [2.05, 4.69) is 10.8 Å². The Balaban J connectivity index is 1.23. The summed E-state index contributed by atoms with van der Waals surface area (Å²) in [5.74, 6) is -0.337. The summed E-state index contributed by atoms with van der Waals surface area (Å²) in [7, 11) is 0. The molecule has 2 fully saturated rings. The summed E-state index contributed by atoms with van der Waals surface area (Å²) < 4.78 is 41.1. The summed E-state index contributed by atoms with van der Waals surface area (Å²) in [6, 6.07) is 13.4. The number of para-hydroxylation sites is 1. The number of aryl methyl sites for hydroxylation is 1. The molecule has 1 spiro atoms. The highest BCUT2D eigenvalue weighted by Gasteiger charge is 2.49.